The van der Waals surface area contributed by atoms with Crippen molar-refractivity contribution in [3.05, 3.63) is 23.2 Å². The van der Waals surface area contributed by atoms with Crippen molar-refractivity contribution in [2.45, 2.75) is 120 Å². The first-order valence-corrected chi connectivity index (χ1v) is 14.5. The zero-order chi connectivity index (χ0) is 28.8. The number of allylic oxidation sites excluding steroid dienone is 2. The van der Waals surface area contributed by atoms with E-state index in [1.165, 1.54) is 0 Å². The number of carbonyl (C=O) groups is 1. The van der Waals surface area contributed by atoms with Gasteiger partial charge in [-0.25, -0.2) is 0 Å². The van der Waals surface area contributed by atoms with E-state index < -0.39 is 54.2 Å². The average molecular weight is 622 g/mol. The largest absolute Gasteiger partial charge is 0.455 e. The highest BCUT2D eigenvalue weighted by molar-refractivity contribution is 9.11. The first-order valence-electron chi connectivity index (χ1n) is 13.6. The number of esters is 1. The Hall–Kier alpha value is -0.890. The van der Waals surface area contributed by atoms with E-state index in [1.54, 1.807) is 51.5 Å². The van der Waals surface area contributed by atoms with Crippen molar-refractivity contribution in [1.82, 2.24) is 0 Å². The first-order chi connectivity index (χ1) is 18.5. The summed E-state index contributed by atoms with van der Waals surface area (Å²) in [6.07, 6.45) is 2.81. The number of methoxy groups -OCH3 is 3. The van der Waals surface area contributed by atoms with Crippen molar-refractivity contribution in [2.24, 2.45) is 5.92 Å². The van der Waals surface area contributed by atoms with E-state index >= 15 is 0 Å². The molecular weight excluding hydrogens is 576 g/mol. The molecule has 3 rings (SSSR count). The van der Waals surface area contributed by atoms with Crippen molar-refractivity contribution in [3.63, 3.8) is 0 Å². The Morgan fingerprint density at radius 3 is 2.36 bits per heavy atom. The number of aliphatic hydroxyl groups excluding tert-OH is 1. The summed E-state index contributed by atoms with van der Waals surface area (Å²) < 4.78 is 41.4. The van der Waals surface area contributed by atoms with E-state index in [0.29, 0.717) is 19.3 Å². The van der Waals surface area contributed by atoms with Crippen LogP contribution in [0.4, 0.5) is 0 Å². The average Bonchev–Trinajstić information content (AvgIpc) is 2.85. The SMILES string of the molecule is CO[C@@H]1[C@@H](OC)[C@H](C)O[C@@H](O[C@@H]2C[C@@H]3CC[C@@H](C)[C@H](O)C[C@@](C)(/C=C/C=C\Br)OC(=O)C[C@](O)(C2)O3)[C@@H]1OC. The van der Waals surface area contributed by atoms with Crippen LogP contribution in [0.25, 0.3) is 0 Å². The van der Waals surface area contributed by atoms with E-state index in [1.807, 2.05) is 13.8 Å². The van der Waals surface area contributed by atoms with Crippen LogP contribution in [0.2, 0.25) is 0 Å². The number of halogens is 1. The summed E-state index contributed by atoms with van der Waals surface area (Å²) in [4.78, 5) is 14.8. The van der Waals surface area contributed by atoms with E-state index in [4.69, 9.17) is 33.2 Å². The molecule has 0 spiro atoms. The van der Waals surface area contributed by atoms with E-state index in [2.05, 4.69) is 15.9 Å². The van der Waals surface area contributed by atoms with Gasteiger partial charge in [0.1, 0.15) is 23.9 Å². The molecule has 224 valence electrons. The number of rotatable bonds is 7. The molecule has 39 heavy (non-hydrogen) atoms. The molecular formula is C28H45BrO10. The molecule has 0 amide bonds. The maximum atomic E-state index is 13.1. The molecule has 0 saturated carbocycles. The topological polar surface area (TPSA) is 122 Å². The maximum Gasteiger partial charge on any atom is 0.312 e. The Kier molecular flexibility index (Phi) is 12.0. The monoisotopic (exact) mass is 620 g/mol. The van der Waals surface area contributed by atoms with Gasteiger partial charge in [-0.3, -0.25) is 4.79 Å². The minimum atomic E-state index is -1.79. The highest BCUT2D eigenvalue weighted by Crippen LogP contribution is 2.38. The Morgan fingerprint density at radius 2 is 1.72 bits per heavy atom. The van der Waals surface area contributed by atoms with Crippen molar-refractivity contribution in [1.29, 1.82) is 0 Å². The number of fused-ring (bicyclic) bond motifs is 2. The van der Waals surface area contributed by atoms with Gasteiger partial charge in [0.25, 0.3) is 0 Å². The second kappa shape index (κ2) is 14.3. The molecule has 0 aromatic rings. The molecule has 2 N–H and O–H groups in total. The summed E-state index contributed by atoms with van der Waals surface area (Å²) in [7, 11) is 4.74. The molecule has 3 aliphatic rings. The number of hydrogen-bond donors (Lipinski definition) is 2. The third kappa shape index (κ3) is 8.56. The van der Waals surface area contributed by atoms with Crippen molar-refractivity contribution >= 4 is 21.9 Å². The Labute approximate surface area is 240 Å². The lowest BCUT2D eigenvalue weighted by molar-refractivity contribution is -0.339. The van der Waals surface area contributed by atoms with Gasteiger partial charge in [0.15, 0.2) is 12.1 Å². The van der Waals surface area contributed by atoms with E-state index in [9.17, 15) is 15.0 Å². The lowest BCUT2D eigenvalue weighted by Crippen LogP contribution is -2.60. The highest BCUT2D eigenvalue weighted by atomic mass is 79.9. The van der Waals surface area contributed by atoms with Gasteiger partial charge in [-0.05, 0) is 43.7 Å². The Morgan fingerprint density at radius 1 is 1.03 bits per heavy atom. The lowest BCUT2D eigenvalue weighted by Gasteiger charge is -2.47. The molecule has 0 unspecified atom stereocenters. The Balaban J connectivity index is 1.82. The van der Waals surface area contributed by atoms with Crippen LogP contribution in [-0.2, 0) is 38.0 Å². The summed E-state index contributed by atoms with van der Waals surface area (Å²) in [6.45, 7) is 5.59. The summed E-state index contributed by atoms with van der Waals surface area (Å²) >= 11 is 3.22. The van der Waals surface area contributed by atoms with Gasteiger partial charge < -0.3 is 43.4 Å². The van der Waals surface area contributed by atoms with Crippen LogP contribution in [0.15, 0.2) is 23.2 Å². The van der Waals surface area contributed by atoms with Crippen LogP contribution in [0.5, 0.6) is 0 Å². The normalized spacial score (nSPS) is 44.6. The molecule has 3 aliphatic heterocycles. The van der Waals surface area contributed by atoms with Crippen LogP contribution in [0, 0.1) is 5.92 Å². The lowest BCUT2D eigenvalue weighted by atomic mass is 9.86. The van der Waals surface area contributed by atoms with Gasteiger partial charge in [-0.2, -0.15) is 0 Å². The molecule has 0 aromatic carbocycles. The molecule has 0 aromatic heterocycles. The minimum Gasteiger partial charge on any atom is -0.455 e. The second-order valence-electron chi connectivity index (χ2n) is 11.2. The van der Waals surface area contributed by atoms with Gasteiger partial charge in [0.2, 0.25) is 0 Å². The number of carbonyl (C=O) groups excluding carboxylic acids is 1. The fourth-order valence-electron chi connectivity index (χ4n) is 5.87. The molecule has 3 heterocycles. The summed E-state index contributed by atoms with van der Waals surface area (Å²) in [5.74, 6) is -2.51. The van der Waals surface area contributed by atoms with Crippen molar-refractivity contribution < 1.29 is 48.2 Å². The summed E-state index contributed by atoms with van der Waals surface area (Å²) in [5, 5.41) is 22.4. The molecule has 2 bridgehead atoms. The second-order valence-corrected chi connectivity index (χ2v) is 11.7. The van der Waals surface area contributed by atoms with E-state index in [0.717, 1.165) is 0 Å². The zero-order valence-corrected chi connectivity index (χ0v) is 25.4. The molecule has 11 atom stereocenters. The molecule has 3 fully saturated rings. The standard InChI is InChI=1S/C28H45BrO10/c1-17-9-10-19-13-20(37-26-25(35-6)24(34-5)23(33-4)18(2)36-26)14-28(32,38-19)16-22(31)39-27(3,15-21(17)30)11-7-8-12-29/h7-8,11-12,17-21,23-26,30,32H,9-10,13-16H2,1-6H3/b11-7+,12-8-/t17-,18+,19+,20-,21-,23+,24-,25-,26+,27-,28+/m1/s1. The number of cyclic esters (lactones) is 1. The van der Waals surface area contributed by atoms with Gasteiger partial charge >= 0.3 is 5.97 Å². The van der Waals surface area contributed by atoms with Crippen LogP contribution in [0.1, 0.15) is 59.3 Å². The molecule has 0 aliphatic carbocycles. The third-order valence-electron chi connectivity index (χ3n) is 7.94. The Bertz CT molecular complexity index is 854. The van der Waals surface area contributed by atoms with Crippen LogP contribution in [-0.4, -0.2) is 97.9 Å². The predicted octanol–water partition coefficient (Wildman–Crippen LogP) is 3.37. The third-order valence-corrected chi connectivity index (χ3v) is 8.25. The van der Waals surface area contributed by atoms with E-state index in [-0.39, 0.29) is 37.4 Å². The van der Waals surface area contributed by atoms with Crippen molar-refractivity contribution in [3.8, 4) is 0 Å². The smallest absolute Gasteiger partial charge is 0.312 e. The highest BCUT2D eigenvalue weighted by Gasteiger charge is 2.50. The van der Waals surface area contributed by atoms with Crippen LogP contribution < -0.4 is 0 Å². The summed E-state index contributed by atoms with van der Waals surface area (Å²) in [6, 6.07) is 0. The number of aliphatic hydroxyl groups is 2. The first kappa shape index (κ1) is 32.6. The van der Waals surface area contributed by atoms with Gasteiger partial charge in [0, 0.05) is 40.6 Å². The molecule has 3 saturated heterocycles. The number of hydrogen-bond acceptors (Lipinski definition) is 10. The zero-order valence-electron chi connectivity index (χ0n) is 23.8. The number of ether oxygens (including phenoxy) is 7. The molecule has 10 nitrogen and oxygen atoms in total. The van der Waals surface area contributed by atoms with Crippen molar-refractivity contribution in [2.75, 3.05) is 21.3 Å². The van der Waals surface area contributed by atoms with Gasteiger partial charge in [0.05, 0.1) is 30.8 Å². The minimum absolute atomic E-state index is 0.0473. The van der Waals surface area contributed by atoms with Gasteiger partial charge in [-0.15, -0.1) is 0 Å². The van der Waals surface area contributed by atoms with Crippen LogP contribution >= 0.6 is 15.9 Å². The fraction of sp³-hybridized carbons (Fsp3) is 0.821. The summed E-state index contributed by atoms with van der Waals surface area (Å²) in [5.41, 5.74) is -1.07. The quantitative estimate of drug-likeness (QED) is 0.323. The molecule has 0 radical (unpaired) electrons. The predicted molar refractivity (Wildman–Crippen MR) is 146 cm³/mol. The maximum absolute atomic E-state index is 13.1. The fourth-order valence-corrected chi connectivity index (χ4v) is 6.05. The van der Waals surface area contributed by atoms with Gasteiger partial charge in [-0.1, -0.05) is 35.0 Å². The van der Waals surface area contributed by atoms with Crippen LogP contribution in [0.3, 0.4) is 0 Å². The molecule has 11 heteroatoms.